The van der Waals surface area contributed by atoms with Crippen LogP contribution in [0.2, 0.25) is 5.28 Å². The van der Waals surface area contributed by atoms with Gasteiger partial charge in [-0.1, -0.05) is 0 Å². The number of nitrogens with zero attached hydrogens (tertiary/aromatic N) is 3. The first-order valence-electron chi connectivity index (χ1n) is 5.24. The van der Waals surface area contributed by atoms with Crippen LogP contribution in [-0.2, 0) is 10.0 Å². The predicted octanol–water partition coefficient (Wildman–Crippen LogP) is -0.0821. The lowest BCUT2D eigenvalue weighted by molar-refractivity contribution is 0.589. The summed E-state index contributed by atoms with van der Waals surface area (Å²) in [7, 11) is -3.19. The summed E-state index contributed by atoms with van der Waals surface area (Å²) < 4.78 is 24.0. The van der Waals surface area contributed by atoms with E-state index in [-0.39, 0.29) is 11.8 Å². The van der Waals surface area contributed by atoms with Gasteiger partial charge in [0.15, 0.2) is 0 Å². The van der Waals surface area contributed by atoms with Crippen molar-refractivity contribution in [2.24, 2.45) is 0 Å². The lowest BCUT2D eigenvalue weighted by Gasteiger charge is -2.07. The van der Waals surface area contributed by atoms with Gasteiger partial charge < -0.3 is 10.6 Å². The molecule has 1 rings (SSSR count). The first-order chi connectivity index (χ1) is 8.40. The van der Waals surface area contributed by atoms with Crippen molar-refractivity contribution in [2.75, 3.05) is 36.5 Å². The molecule has 0 saturated heterocycles. The van der Waals surface area contributed by atoms with E-state index in [1.165, 1.54) is 0 Å². The number of anilines is 2. The van der Waals surface area contributed by atoms with E-state index in [0.717, 1.165) is 6.26 Å². The second-order valence-electron chi connectivity index (χ2n) is 3.38. The molecule has 0 fully saturated rings. The number of nitrogens with one attached hydrogen (secondary N) is 3. The van der Waals surface area contributed by atoms with E-state index in [4.69, 9.17) is 11.6 Å². The Balaban J connectivity index is 2.51. The van der Waals surface area contributed by atoms with Crippen molar-refractivity contribution in [2.45, 2.75) is 6.92 Å². The second kappa shape index (κ2) is 6.66. The van der Waals surface area contributed by atoms with Crippen molar-refractivity contribution >= 4 is 33.5 Å². The molecule has 10 heteroatoms. The molecule has 0 bridgehead atoms. The monoisotopic (exact) mass is 294 g/mol. The molecule has 0 amide bonds. The number of hydrogen-bond donors (Lipinski definition) is 3. The fourth-order valence-electron chi connectivity index (χ4n) is 1.08. The minimum atomic E-state index is -3.19. The lowest BCUT2D eigenvalue weighted by atomic mass is 10.6. The van der Waals surface area contributed by atoms with Crippen LogP contribution in [0.1, 0.15) is 6.92 Å². The Morgan fingerprint density at radius 2 is 1.72 bits per heavy atom. The van der Waals surface area contributed by atoms with E-state index in [1.807, 2.05) is 6.92 Å². The van der Waals surface area contributed by atoms with Crippen molar-refractivity contribution in [3.8, 4) is 0 Å². The van der Waals surface area contributed by atoms with Crippen molar-refractivity contribution in [1.82, 2.24) is 19.7 Å². The Kier molecular flexibility index (Phi) is 5.51. The van der Waals surface area contributed by atoms with Gasteiger partial charge in [0, 0.05) is 19.6 Å². The molecule has 0 saturated carbocycles. The zero-order valence-corrected chi connectivity index (χ0v) is 11.6. The zero-order chi connectivity index (χ0) is 13.6. The predicted molar refractivity (Wildman–Crippen MR) is 70.3 cm³/mol. The highest BCUT2D eigenvalue weighted by Crippen LogP contribution is 2.08. The van der Waals surface area contributed by atoms with Gasteiger partial charge in [-0.3, -0.25) is 0 Å². The molecule has 3 N–H and O–H groups in total. The Bertz CT molecular complexity index is 494. The Morgan fingerprint density at radius 1 is 1.11 bits per heavy atom. The van der Waals surface area contributed by atoms with Crippen molar-refractivity contribution in [3.05, 3.63) is 5.28 Å². The summed E-state index contributed by atoms with van der Waals surface area (Å²) in [6.45, 7) is 3.15. The molecular weight excluding hydrogens is 280 g/mol. The third-order valence-electron chi connectivity index (χ3n) is 1.72. The first-order valence-corrected chi connectivity index (χ1v) is 7.51. The summed E-state index contributed by atoms with van der Waals surface area (Å²) in [6, 6.07) is 0. The summed E-state index contributed by atoms with van der Waals surface area (Å²) in [6.07, 6.45) is 1.09. The van der Waals surface area contributed by atoms with Gasteiger partial charge >= 0.3 is 0 Å². The fraction of sp³-hybridized carbons (Fsp3) is 0.625. The SMILES string of the molecule is CCNc1nc(Cl)nc(NCCNS(C)(=O)=O)n1. The molecule has 1 aromatic rings. The maximum absolute atomic E-state index is 10.8. The molecule has 8 nitrogen and oxygen atoms in total. The topological polar surface area (TPSA) is 109 Å². The minimum Gasteiger partial charge on any atom is -0.354 e. The summed E-state index contributed by atoms with van der Waals surface area (Å²) >= 11 is 5.72. The van der Waals surface area contributed by atoms with Gasteiger partial charge in [0.1, 0.15) is 0 Å². The van der Waals surface area contributed by atoms with Crippen molar-refractivity contribution < 1.29 is 8.42 Å². The van der Waals surface area contributed by atoms with Gasteiger partial charge in [-0.25, -0.2) is 13.1 Å². The van der Waals surface area contributed by atoms with Crippen molar-refractivity contribution in [1.29, 1.82) is 0 Å². The molecule has 0 spiro atoms. The highest BCUT2D eigenvalue weighted by Gasteiger charge is 2.04. The molecule has 1 heterocycles. The van der Waals surface area contributed by atoms with Gasteiger partial charge in [0.05, 0.1) is 6.26 Å². The molecule has 102 valence electrons. The number of hydrogen-bond acceptors (Lipinski definition) is 7. The van der Waals surface area contributed by atoms with Crippen LogP contribution in [0.25, 0.3) is 0 Å². The van der Waals surface area contributed by atoms with Gasteiger partial charge in [-0.05, 0) is 18.5 Å². The maximum atomic E-state index is 10.8. The molecule has 0 radical (unpaired) electrons. The van der Waals surface area contributed by atoms with Gasteiger partial charge in [-0.2, -0.15) is 15.0 Å². The van der Waals surface area contributed by atoms with Crippen LogP contribution in [0, 0.1) is 0 Å². The standard InChI is InChI=1S/C8H15ClN6O2S/c1-3-10-7-13-6(9)14-8(15-7)11-4-5-12-18(2,16)17/h12H,3-5H2,1-2H3,(H2,10,11,13,14,15). The van der Waals surface area contributed by atoms with Gasteiger partial charge in [-0.15, -0.1) is 0 Å². The molecule has 1 aromatic heterocycles. The second-order valence-corrected chi connectivity index (χ2v) is 5.55. The van der Waals surface area contributed by atoms with E-state index in [9.17, 15) is 8.42 Å². The summed E-state index contributed by atoms with van der Waals surface area (Å²) in [5.41, 5.74) is 0. The smallest absolute Gasteiger partial charge is 0.228 e. The number of halogens is 1. The van der Waals surface area contributed by atoms with Crippen LogP contribution in [-0.4, -0.2) is 49.3 Å². The third kappa shape index (κ3) is 5.94. The quantitative estimate of drug-likeness (QED) is 0.603. The lowest BCUT2D eigenvalue weighted by Crippen LogP contribution is -2.28. The molecule has 18 heavy (non-hydrogen) atoms. The summed E-state index contributed by atoms with van der Waals surface area (Å²) in [5.74, 6) is 0.664. The molecule has 0 atom stereocenters. The fourth-order valence-corrected chi connectivity index (χ4v) is 1.71. The van der Waals surface area contributed by atoms with Crippen LogP contribution in [0.5, 0.6) is 0 Å². The molecule has 0 aliphatic heterocycles. The summed E-state index contributed by atoms with van der Waals surface area (Å²) in [4.78, 5) is 11.8. The Labute approximate surface area is 111 Å². The molecule has 0 aliphatic rings. The average Bonchev–Trinajstić information content (AvgIpc) is 2.23. The Hall–Kier alpha value is -1.19. The average molecular weight is 295 g/mol. The number of sulfonamides is 1. The number of rotatable bonds is 7. The van der Waals surface area contributed by atoms with Crippen LogP contribution >= 0.6 is 11.6 Å². The highest BCUT2D eigenvalue weighted by molar-refractivity contribution is 7.88. The molecule has 0 aliphatic carbocycles. The van der Waals surface area contributed by atoms with E-state index < -0.39 is 10.0 Å². The van der Waals surface area contributed by atoms with Gasteiger partial charge in [0.25, 0.3) is 0 Å². The van der Waals surface area contributed by atoms with E-state index in [1.54, 1.807) is 0 Å². The van der Waals surface area contributed by atoms with Crippen LogP contribution in [0.4, 0.5) is 11.9 Å². The number of aromatic nitrogens is 3. The first kappa shape index (κ1) is 14.9. The summed E-state index contributed by atoms with van der Waals surface area (Å²) in [5, 5.41) is 5.82. The largest absolute Gasteiger partial charge is 0.354 e. The van der Waals surface area contributed by atoms with E-state index in [0.29, 0.717) is 25.0 Å². The normalized spacial score (nSPS) is 11.3. The zero-order valence-electron chi connectivity index (χ0n) is 10.1. The molecule has 0 aromatic carbocycles. The van der Waals surface area contributed by atoms with E-state index >= 15 is 0 Å². The minimum absolute atomic E-state index is 0.0690. The molecular formula is C8H15ClN6O2S. The van der Waals surface area contributed by atoms with Crippen molar-refractivity contribution in [3.63, 3.8) is 0 Å². The van der Waals surface area contributed by atoms with E-state index in [2.05, 4.69) is 30.3 Å². The van der Waals surface area contributed by atoms with Gasteiger partial charge in [0.2, 0.25) is 27.2 Å². The van der Waals surface area contributed by atoms with Crippen LogP contribution in [0.3, 0.4) is 0 Å². The Morgan fingerprint density at radius 3 is 2.28 bits per heavy atom. The maximum Gasteiger partial charge on any atom is 0.228 e. The third-order valence-corrected chi connectivity index (χ3v) is 2.61. The molecule has 0 unspecified atom stereocenters. The highest BCUT2D eigenvalue weighted by atomic mass is 35.5. The van der Waals surface area contributed by atoms with Crippen LogP contribution in [0.15, 0.2) is 0 Å². The van der Waals surface area contributed by atoms with Crippen LogP contribution < -0.4 is 15.4 Å².